The lowest BCUT2D eigenvalue weighted by molar-refractivity contribution is -0.121. The van der Waals surface area contributed by atoms with Gasteiger partial charge in [0, 0.05) is 13.0 Å². The number of amides is 2. The van der Waals surface area contributed by atoms with Gasteiger partial charge in [0.25, 0.3) is 0 Å². The molecule has 0 aromatic carbocycles. The molecule has 0 saturated heterocycles. The molecule has 11 heavy (non-hydrogen) atoms. The minimum Gasteiger partial charge on any atom is -0.368 e. The highest BCUT2D eigenvalue weighted by molar-refractivity contribution is 5.81. The fourth-order valence-corrected chi connectivity index (χ4v) is 0.449. The molecule has 0 bridgehead atoms. The molecular formula is C6H13N3O2. The van der Waals surface area contributed by atoms with Crippen LogP contribution < -0.4 is 16.8 Å². The summed E-state index contributed by atoms with van der Waals surface area (Å²) in [6, 6.07) is -0.787. The van der Waals surface area contributed by atoms with E-state index in [2.05, 4.69) is 5.32 Å². The van der Waals surface area contributed by atoms with Gasteiger partial charge >= 0.3 is 0 Å². The van der Waals surface area contributed by atoms with Crippen LogP contribution in [0.25, 0.3) is 0 Å². The zero-order valence-corrected chi connectivity index (χ0v) is 6.46. The minimum atomic E-state index is -0.787. The molecule has 0 fully saturated rings. The third-order valence-electron chi connectivity index (χ3n) is 1.21. The number of carbonyl (C=O) groups excluding carboxylic acids is 2. The van der Waals surface area contributed by atoms with Crippen molar-refractivity contribution < 1.29 is 9.59 Å². The van der Waals surface area contributed by atoms with Gasteiger partial charge in [-0.1, -0.05) is 6.92 Å². The molecule has 0 aliphatic heterocycles. The number of hydrogen-bond donors (Lipinski definition) is 3. The summed E-state index contributed by atoms with van der Waals surface area (Å²) in [5.74, 6) is -0.747. The van der Waals surface area contributed by atoms with Crippen LogP contribution in [0.4, 0.5) is 0 Å². The van der Waals surface area contributed by atoms with E-state index in [1.165, 1.54) is 0 Å². The van der Waals surface area contributed by atoms with Crippen molar-refractivity contribution in [2.24, 2.45) is 11.5 Å². The van der Waals surface area contributed by atoms with Crippen molar-refractivity contribution in [2.45, 2.75) is 19.4 Å². The molecule has 0 rings (SSSR count). The maximum atomic E-state index is 10.6. The van der Waals surface area contributed by atoms with Gasteiger partial charge in [-0.15, -0.1) is 0 Å². The van der Waals surface area contributed by atoms with Crippen LogP contribution in [-0.4, -0.2) is 24.4 Å². The molecule has 0 radical (unpaired) electrons. The Morgan fingerprint density at radius 2 is 2.09 bits per heavy atom. The van der Waals surface area contributed by atoms with Crippen LogP contribution in [0.2, 0.25) is 0 Å². The maximum absolute atomic E-state index is 10.6. The van der Waals surface area contributed by atoms with E-state index in [-0.39, 0.29) is 12.5 Å². The number of nitrogens with one attached hydrogen (secondary N) is 1. The Bertz CT molecular complexity index is 158. The molecule has 2 amide bonds. The maximum Gasteiger partial charge on any atom is 0.236 e. The fourth-order valence-electron chi connectivity index (χ4n) is 0.449. The average Bonchev–Trinajstić information content (AvgIpc) is 1.99. The summed E-state index contributed by atoms with van der Waals surface area (Å²) < 4.78 is 0. The fraction of sp³-hybridized carbons (Fsp3) is 0.667. The number of rotatable bonds is 4. The third kappa shape index (κ3) is 4.32. The molecule has 0 aromatic heterocycles. The van der Waals surface area contributed by atoms with Gasteiger partial charge in [0.15, 0.2) is 0 Å². The summed E-state index contributed by atoms with van der Waals surface area (Å²) in [5.41, 5.74) is 10.1. The summed E-state index contributed by atoms with van der Waals surface area (Å²) in [4.78, 5) is 21.0. The SMILES string of the molecule is CCC(=O)NC[C@H](N)C(N)=O. The standard InChI is InChI=1S/C6H13N3O2/c1-2-5(10)9-3-4(7)6(8)11/h4H,2-3,7H2,1H3,(H2,8,11)(H,9,10)/t4-/m0/s1. The van der Waals surface area contributed by atoms with Crippen molar-refractivity contribution in [1.82, 2.24) is 5.32 Å². The van der Waals surface area contributed by atoms with Crippen molar-refractivity contribution >= 4 is 11.8 Å². The van der Waals surface area contributed by atoms with Crippen LogP contribution in [0.3, 0.4) is 0 Å². The van der Waals surface area contributed by atoms with Crippen molar-refractivity contribution in [1.29, 1.82) is 0 Å². The first-order valence-corrected chi connectivity index (χ1v) is 3.39. The van der Waals surface area contributed by atoms with E-state index < -0.39 is 11.9 Å². The molecule has 5 nitrogen and oxygen atoms in total. The largest absolute Gasteiger partial charge is 0.368 e. The van der Waals surface area contributed by atoms with Crippen LogP contribution in [-0.2, 0) is 9.59 Å². The molecule has 5 N–H and O–H groups in total. The Hall–Kier alpha value is -1.10. The molecule has 0 saturated carbocycles. The van der Waals surface area contributed by atoms with Gasteiger partial charge in [0.05, 0.1) is 0 Å². The predicted octanol–water partition coefficient (Wildman–Crippen LogP) is -1.67. The van der Waals surface area contributed by atoms with Crippen LogP contribution >= 0.6 is 0 Å². The summed E-state index contributed by atoms with van der Waals surface area (Å²) >= 11 is 0. The van der Waals surface area contributed by atoms with E-state index >= 15 is 0 Å². The average molecular weight is 159 g/mol. The van der Waals surface area contributed by atoms with Crippen molar-refractivity contribution in [3.63, 3.8) is 0 Å². The summed E-state index contributed by atoms with van der Waals surface area (Å²) in [7, 11) is 0. The van der Waals surface area contributed by atoms with E-state index in [1.807, 2.05) is 0 Å². The molecule has 0 aliphatic carbocycles. The van der Waals surface area contributed by atoms with Gasteiger partial charge in [0.2, 0.25) is 11.8 Å². The first-order chi connectivity index (χ1) is 5.07. The van der Waals surface area contributed by atoms with Crippen LogP contribution in [0, 0.1) is 0 Å². The van der Waals surface area contributed by atoms with E-state index in [0.29, 0.717) is 6.42 Å². The molecule has 64 valence electrons. The Morgan fingerprint density at radius 3 is 2.45 bits per heavy atom. The normalized spacial score (nSPS) is 12.2. The Labute approximate surface area is 65.1 Å². The predicted molar refractivity (Wildman–Crippen MR) is 40.5 cm³/mol. The van der Waals surface area contributed by atoms with Crippen LogP contribution in [0.5, 0.6) is 0 Å². The second kappa shape index (κ2) is 4.68. The highest BCUT2D eigenvalue weighted by atomic mass is 16.2. The second-order valence-corrected chi connectivity index (χ2v) is 2.17. The van der Waals surface area contributed by atoms with Gasteiger partial charge in [-0.05, 0) is 0 Å². The number of nitrogens with two attached hydrogens (primary N) is 2. The first-order valence-electron chi connectivity index (χ1n) is 3.39. The quantitative estimate of drug-likeness (QED) is 0.457. The lowest BCUT2D eigenvalue weighted by Gasteiger charge is -2.07. The second-order valence-electron chi connectivity index (χ2n) is 2.17. The third-order valence-corrected chi connectivity index (χ3v) is 1.21. The van der Waals surface area contributed by atoms with E-state index in [1.54, 1.807) is 6.92 Å². The number of hydrogen-bond acceptors (Lipinski definition) is 3. The zero-order chi connectivity index (χ0) is 8.85. The molecule has 0 spiro atoms. The molecule has 0 aromatic rings. The molecule has 5 heteroatoms. The van der Waals surface area contributed by atoms with Gasteiger partial charge in [-0.2, -0.15) is 0 Å². The first kappa shape index (κ1) is 9.90. The molecule has 1 atom stereocenters. The summed E-state index contributed by atoms with van der Waals surface area (Å²) in [6.45, 7) is 1.83. The van der Waals surface area contributed by atoms with Gasteiger partial charge in [0.1, 0.15) is 6.04 Å². The smallest absolute Gasteiger partial charge is 0.236 e. The van der Waals surface area contributed by atoms with Gasteiger partial charge < -0.3 is 16.8 Å². The highest BCUT2D eigenvalue weighted by Gasteiger charge is 2.08. The molecule has 0 heterocycles. The topological polar surface area (TPSA) is 98.2 Å². The number of carbonyl (C=O) groups is 2. The van der Waals surface area contributed by atoms with E-state index in [0.717, 1.165) is 0 Å². The molecular weight excluding hydrogens is 146 g/mol. The lowest BCUT2D eigenvalue weighted by atomic mass is 10.3. The van der Waals surface area contributed by atoms with Crippen LogP contribution in [0.15, 0.2) is 0 Å². The summed E-state index contributed by atoms with van der Waals surface area (Å²) in [5, 5.41) is 2.45. The van der Waals surface area contributed by atoms with Gasteiger partial charge in [-0.3, -0.25) is 9.59 Å². The highest BCUT2D eigenvalue weighted by Crippen LogP contribution is 1.77. The molecule has 0 unspecified atom stereocenters. The summed E-state index contributed by atoms with van der Waals surface area (Å²) in [6.07, 6.45) is 0.380. The van der Waals surface area contributed by atoms with Crippen molar-refractivity contribution in [2.75, 3.05) is 6.54 Å². The Kier molecular flexibility index (Phi) is 4.21. The van der Waals surface area contributed by atoms with E-state index in [9.17, 15) is 9.59 Å². The Morgan fingerprint density at radius 1 is 1.55 bits per heavy atom. The van der Waals surface area contributed by atoms with E-state index in [4.69, 9.17) is 11.5 Å². The zero-order valence-electron chi connectivity index (χ0n) is 6.46. The molecule has 0 aliphatic rings. The minimum absolute atomic E-state index is 0.113. The van der Waals surface area contributed by atoms with Gasteiger partial charge in [-0.25, -0.2) is 0 Å². The van der Waals surface area contributed by atoms with Crippen LogP contribution in [0.1, 0.15) is 13.3 Å². The Balaban J connectivity index is 3.54. The number of primary amides is 1. The monoisotopic (exact) mass is 159 g/mol. The lowest BCUT2D eigenvalue weighted by Crippen LogP contribution is -2.45. The van der Waals surface area contributed by atoms with Crippen molar-refractivity contribution in [3.05, 3.63) is 0 Å². The van der Waals surface area contributed by atoms with Crippen molar-refractivity contribution in [3.8, 4) is 0 Å².